The van der Waals surface area contributed by atoms with Crippen molar-refractivity contribution in [1.82, 2.24) is 19.3 Å². The fourth-order valence-electron chi connectivity index (χ4n) is 3.55. The number of hydrogen-bond acceptors (Lipinski definition) is 4. The van der Waals surface area contributed by atoms with Crippen molar-refractivity contribution in [2.45, 2.75) is 20.3 Å². The summed E-state index contributed by atoms with van der Waals surface area (Å²) in [4.78, 5) is 26.5. The number of hydrogen-bond donors (Lipinski definition) is 0. The second kappa shape index (κ2) is 6.78. The lowest BCUT2D eigenvalue weighted by Gasteiger charge is -2.35. The number of aromatic nitrogens is 3. The van der Waals surface area contributed by atoms with Crippen molar-refractivity contribution in [2.24, 2.45) is 0 Å². The lowest BCUT2D eigenvalue weighted by atomic mass is 10.2. The molecule has 1 saturated heterocycles. The Bertz CT molecular complexity index is 926. The van der Waals surface area contributed by atoms with E-state index in [1.807, 2.05) is 59.7 Å². The SMILES string of the molecule is CCc1nc2c(C)cccn2c1C(=O)N1CCN(c2ccccn2)CC1. The highest BCUT2D eigenvalue weighted by Gasteiger charge is 2.27. The molecule has 26 heavy (non-hydrogen) atoms. The first-order chi connectivity index (χ1) is 12.7. The van der Waals surface area contributed by atoms with E-state index in [1.54, 1.807) is 6.20 Å². The van der Waals surface area contributed by atoms with E-state index in [0.29, 0.717) is 18.8 Å². The molecule has 4 rings (SSSR count). The summed E-state index contributed by atoms with van der Waals surface area (Å²) in [6, 6.07) is 9.93. The van der Waals surface area contributed by atoms with Gasteiger partial charge in [-0.15, -0.1) is 0 Å². The predicted octanol–water partition coefficient (Wildman–Crippen LogP) is 2.56. The Morgan fingerprint density at radius 3 is 2.62 bits per heavy atom. The van der Waals surface area contributed by atoms with E-state index in [-0.39, 0.29) is 5.91 Å². The summed E-state index contributed by atoms with van der Waals surface area (Å²) < 4.78 is 1.95. The first kappa shape index (κ1) is 16.6. The quantitative estimate of drug-likeness (QED) is 0.729. The number of piperazine rings is 1. The molecule has 1 fully saturated rings. The molecule has 0 atom stereocenters. The highest BCUT2D eigenvalue weighted by Crippen LogP contribution is 2.20. The third kappa shape index (κ3) is 2.81. The van der Waals surface area contributed by atoms with Crippen LogP contribution < -0.4 is 4.90 Å². The Morgan fingerprint density at radius 2 is 1.92 bits per heavy atom. The molecule has 134 valence electrons. The van der Waals surface area contributed by atoms with Gasteiger partial charge in [0.15, 0.2) is 0 Å². The van der Waals surface area contributed by atoms with E-state index in [1.165, 1.54) is 0 Å². The number of fused-ring (bicyclic) bond motifs is 1. The number of rotatable bonds is 3. The van der Waals surface area contributed by atoms with Crippen LogP contribution in [-0.2, 0) is 6.42 Å². The van der Waals surface area contributed by atoms with Crippen LogP contribution in [0.5, 0.6) is 0 Å². The van der Waals surface area contributed by atoms with Gasteiger partial charge in [-0.25, -0.2) is 9.97 Å². The van der Waals surface area contributed by atoms with Gasteiger partial charge in [-0.2, -0.15) is 0 Å². The second-order valence-electron chi connectivity index (χ2n) is 6.61. The highest BCUT2D eigenvalue weighted by atomic mass is 16.2. The summed E-state index contributed by atoms with van der Waals surface area (Å²) in [5, 5.41) is 0. The summed E-state index contributed by atoms with van der Waals surface area (Å²) >= 11 is 0. The topological polar surface area (TPSA) is 53.7 Å². The average Bonchev–Trinajstić information content (AvgIpc) is 3.08. The van der Waals surface area contributed by atoms with Gasteiger partial charge in [0.2, 0.25) is 0 Å². The summed E-state index contributed by atoms with van der Waals surface area (Å²) in [6.45, 7) is 7.05. The highest BCUT2D eigenvalue weighted by molar-refractivity contribution is 5.95. The molecule has 3 aromatic heterocycles. The molecule has 6 heteroatoms. The molecule has 1 aliphatic heterocycles. The zero-order valence-corrected chi connectivity index (χ0v) is 15.2. The van der Waals surface area contributed by atoms with Crippen LogP contribution in [0.1, 0.15) is 28.7 Å². The van der Waals surface area contributed by atoms with Crippen molar-refractivity contribution in [2.75, 3.05) is 31.1 Å². The van der Waals surface area contributed by atoms with E-state index in [4.69, 9.17) is 4.98 Å². The predicted molar refractivity (Wildman–Crippen MR) is 102 cm³/mol. The Kier molecular flexibility index (Phi) is 4.32. The smallest absolute Gasteiger partial charge is 0.272 e. The maximum atomic E-state index is 13.2. The van der Waals surface area contributed by atoms with Gasteiger partial charge in [0.05, 0.1) is 5.69 Å². The van der Waals surface area contributed by atoms with Crippen LogP contribution in [-0.4, -0.2) is 51.4 Å². The molecular formula is C20H23N5O. The van der Waals surface area contributed by atoms with Gasteiger partial charge in [0.1, 0.15) is 17.2 Å². The van der Waals surface area contributed by atoms with Crippen molar-refractivity contribution in [3.63, 3.8) is 0 Å². The second-order valence-corrected chi connectivity index (χ2v) is 6.61. The first-order valence-electron chi connectivity index (χ1n) is 9.11. The summed E-state index contributed by atoms with van der Waals surface area (Å²) in [7, 11) is 0. The van der Waals surface area contributed by atoms with Crippen LogP contribution >= 0.6 is 0 Å². The monoisotopic (exact) mass is 349 g/mol. The lowest BCUT2D eigenvalue weighted by Crippen LogP contribution is -2.49. The molecule has 0 aromatic carbocycles. The van der Waals surface area contributed by atoms with E-state index >= 15 is 0 Å². The van der Waals surface area contributed by atoms with Crippen molar-refractivity contribution < 1.29 is 4.79 Å². The molecule has 0 N–H and O–H groups in total. The zero-order valence-electron chi connectivity index (χ0n) is 15.2. The van der Waals surface area contributed by atoms with Gasteiger partial charge in [-0.3, -0.25) is 9.20 Å². The van der Waals surface area contributed by atoms with Crippen molar-refractivity contribution in [1.29, 1.82) is 0 Å². The third-order valence-electron chi connectivity index (χ3n) is 4.99. The normalized spacial score (nSPS) is 14.8. The molecule has 1 amide bonds. The fourth-order valence-corrected chi connectivity index (χ4v) is 3.55. The van der Waals surface area contributed by atoms with E-state index < -0.39 is 0 Å². The van der Waals surface area contributed by atoms with Crippen LogP contribution in [0.4, 0.5) is 5.82 Å². The molecule has 4 heterocycles. The van der Waals surface area contributed by atoms with Crippen LogP contribution in [0.3, 0.4) is 0 Å². The van der Waals surface area contributed by atoms with Crippen LogP contribution in [0, 0.1) is 6.92 Å². The number of carbonyl (C=O) groups excluding carboxylic acids is 1. The minimum Gasteiger partial charge on any atom is -0.353 e. The minimum atomic E-state index is 0.0700. The molecule has 0 spiro atoms. The van der Waals surface area contributed by atoms with Gasteiger partial charge in [0.25, 0.3) is 5.91 Å². The molecule has 0 radical (unpaired) electrons. The number of amides is 1. The summed E-state index contributed by atoms with van der Waals surface area (Å²) in [6.07, 6.45) is 4.49. The summed E-state index contributed by atoms with van der Waals surface area (Å²) in [5.41, 5.74) is 3.54. The Hall–Kier alpha value is -2.89. The maximum Gasteiger partial charge on any atom is 0.272 e. The maximum absolute atomic E-state index is 13.2. The molecule has 0 saturated carbocycles. The standard InChI is InChI=1S/C20H23N5O/c1-3-16-18(25-10-6-7-15(2)19(25)22-16)20(26)24-13-11-23(12-14-24)17-8-4-5-9-21-17/h4-10H,3,11-14H2,1-2H3. The molecule has 3 aromatic rings. The lowest BCUT2D eigenvalue weighted by molar-refractivity contribution is 0.0738. The van der Waals surface area contributed by atoms with E-state index in [9.17, 15) is 4.79 Å². The molecule has 0 bridgehead atoms. The Labute approximate surface area is 153 Å². The first-order valence-corrected chi connectivity index (χ1v) is 9.11. The Balaban J connectivity index is 1.58. The molecule has 0 unspecified atom stereocenters. The molecule has 1 aliphatic rings. The van der Waals surface area contributed by atoms with Gasteiger partial charge < -0.3 is 9.80 Å². The number of anilines is 1. The minimum absolute atomic E-state index is 0.0700. The number of nitrogens with zero attached hydrogens (tertiary/aromatic N) is 5. The molecule has 0 aliphatic carbocycles. The largest absolute Gasteiger partial charge is 0.353 e. The number of pyridine rings is 2. The number of carbonyl (C=O) groups is 1. The van der Waals surface area contributed by atoms with Gasteiger partial charge >= 0.3 is 0 Å². The van der Waals surface area contributed by atoms with E-state index in [0.717, 1.165) is 42.2 Å². The van der Waals surface area contributed by atoms with E-state index in [2.05, 4.69) is 9.88 Å². The van der Waals surface area contributed by atoms with Crippen molar-refractivity contribution >= 4 is 17.4 Å². The van der Waals surface area contributed by atoms with Crippen LogP contribution in [0.15, 0.2) is 42.7 Å². The zero-order chi connectivity index (χ0) is 18.1. The van der Waals surface area contributed by atoms with Crippen LogP contribution in [0.25, 0.3) is 5.65 Å². The van der Waals surface area contributed by atoms with Gasteiger partial charge in [-0.05, 0) is 37.1 Å². The average molecular weight is 349 g/mol. The van der Waals surface area contributed by atoms with Crippen molar-refractivity contribution in [3.8, 4) is 0 Å². The van der Waals surface area contributed by atoms with Crippen LogP contribution in [0.2, 0.25) is 0 Å². The van der Waals surface area contributed by atoms with Gasteiger partial charge in [-0.1, -0.05) is 19.1 Å². The Morgan fingerprint density at radius 1 is 1.12 bits per heavy atom. The number of imidazole rings is 1. The third-order valence-corrected chi connectivity index (χ3v) is 4.99. The summed E-state index contributed by atoms with van der Waals surface area (Å²) in [5.74, 6) is 1.04. The van der Waals surface area contributed by atoms with Gasteiger partial charge in [0, 0.05) is 38.6 Å². The molecular weight excluding hydrogens is 326 g/mol. The fraction of sp³-hybridized carbons (Fsp3) is 0.350. The van der Waals surface area contributed by atoms with Crippen molar-refractivity contribution in [3.05, 3.63) is 59.7 Å². The number of aryl methyl sites for hydroxylation is 2. The molecule has 6 nitrogen and oxygen atoms in total.